The van der Waals surface area contributed by atoms with Crippen LogP contribution in [0.3, 0.4) is 0 Å². The summed E-state index contributed by atoms with van der Waals surface area (Å²) >= 11 is 0. The first-order valence-electron chi connectivity index (χ1n) is 8.41. The van der Waals surface area contributed by atoms with Crippen molar-refractivity contribution in [3.8, 4) is 0 Å². The van der Waals surface area contributed by atoms with E-state index in [4.69, 9.17) is 4.18 Å². The SMILES string of the molecule is CN=S(=O)(CC1(OS(C)(=O)=O)CCc2ccccc2C1)c1ccccc1. The van der Waals surface area contributed by atoms with Gasteiger partial charge in [-0.3, -0.25) is 4.18 Å². The van der Waals surface area contributed by atoms with E-state index in [-0.39, 0.29) is 5.75 Å². The number of hydrogen-bond donors (Lipinski definition) is 0. The number of benzene rings is 2. The number of nitrogens with zero attached hydrogens (tertiary/aromatic N) is 1. The van der Waals surface area contributed by atoms with Gasteiger partial charge in [-0.05, 0) is 36.1 Å². The van der Waals surface area contributed by atoms with Gasteiger partial charge in [-0.25, -0.2) is 8.57 Å². The number of aryl methyl sites for hydroxylation is 1. The molecule has 5 nitrogen and oxygen atoms in total. The third-order valence-corrected chi connectivity index (χ3v) is 7.85. The number of rotatable bonds is 5. The van der Waals surface area contributed by atoms with Gasteiger partial charge < -0.3 is 0 Å². The van der Waals surface area contributed by atoms with Gasteiger partial charge in [0.15, 0.2) is 0 Å². The van der Waals surface area contributed by atoms with Crippen LogP contribution < -0.4 is 0 Å². The van der Waals surface area contributed by atoms with Crippen molar-refractivity contribution in [1.29, 1.82) is 0 Å². The van der Waals surface area contributed by atoms with E-state index in [1.165, 1.54) is 12.6 Å². The van der Waals surface area contributed by atoms with E-state index < -0.39 is 25.4 Å². The Bertz CT molecular complexity index is 1010. The van der Waals surface area contributed by atoms with Gasteiger partial charge in [-0.1, -0.05) is 42.5 Å². The fourth-order valence-corrected chi connectivity index (χ4v) is 6.58. The van der Waals surface area contributed by atoms with Crippen LogP contribution in [-0.2, 0) is 36.9 Å². The maximum Gasteiger partial charge on any atom is 0.264 e. The van der Waals surface area contributed by atoms with Crippen molar-refractivity contribution in [3.63, 3.8) is 0 Å². The number of hydrogen-bond acceptors (Lipinski definition) is 5. The molecule has 2 atom stereocenters. The highest BCUT2D eigenvalue weighted by molar-refractivity contribution is 7.93. The Hall–Kier alpha value is -1.70. The van der Waals surface area contributed by atoms with Gasteiger partial charge in [0.05, 0.1) is 21.7 Å². The van der Waals surface area contributed by atoms with Gasteiger partial charge in [0, 0.05) is 18.4 Å². The normalized spacial score (nSPS) is 22.2. The van der Waals surface area contributed by atoms with E-state index in [2.05, 4.69) is 4.36 Å². The summed E-state index contributed by atoms with van der Waals surface area (Å²) in [5, 5.41) is 0. The summed E-state index contributed by atoms with van der Waals surface area (Å²) in [6.45, 7) is 0. The molecule has 26 heavy (non-hydrogen) atoms. The average Bonchev–Trinajstić information content (AvgIpc) is 2.60. The van der Waals surface area contributed by atoms with Crippen LogP contribution in [0.25, 0.3) is 0 Å². The topological polar surface area (TPSA) is 72.8 Å². The lowest BCUT2D eigenvalue weighted by Crippen LogP contribution is -2.46. The van der Waals surface area contributed by atoms with Crippen molar-refractivity contribution >= 4 is 19.8 Å². The second kappa shape index (κ2) is 7.13. The maximum absolute atomic E-state index is 13.6. The molecule has 0 saturated heterocycles. The van der Waals surface area contributed by atoms with E-state index in [0.29, 0.717) is 24.2 Å². The third kappa shape index (κ3) is 4.16. The summed E-state index contributed by atoms with van der Waals surface area (Å²) in [6, 6.07) is 16.9. The lowest BCUT2D eigenvalue weighted by Gasteiger charge is -2.37. The number of fused-ring (bicyclic) bond motifs is 1. The molecule has 0 aromatic heterocycles. The predicted octanol–water partition coefficient (Wildman–Crippen LogP) is 3.05. The van der Waals surface area contributed by atoms with Crippen LogP contribution in [0.2, 0.25) is 0 Å². The summed E-state index contributed by atoms with van der Waals surface area (Å²) < 4.78 is 47.3. The molecule has 140 valence electrons. The smallest absolute Gasteiger partial charge is 0.262 e. The molecule has 0 fully saturated rings. The molecule has 7 heteroatoms. The van der Waals surface area contributed by atoms with E-state index in [0.717, 1.165) is 11.8 Å². The van der Waals surface area contributed by atoms with E-state index in [9.17, 15) is 12.6 Å². The second-order valence-corrected chi connectivity index (χ2v) is 10.7. The molecule has 1 aliphatic carbocycles. The van der Waals surface area contributed by atoms with Crippen LogP contribution in [-0.4, -0.2) is 37.3 Å². The minimum atomic E-state index is -3.71. The fourth-order valence-electron chi connectivity index (χ4n) is 3.55. The Labute approximate surface area is 155 Å². The molecule has 2 aromatic carbocycles. The Morgan fingerprint density at radius 1 is 1.00 bits per heavy atom. The van der Waals surface area contributed by atoms with Crippen molar-refractivity contribution < 1.29 is 16.8 Å². The lowest BCUT2D eigenvalue weighted by atomic mass is 9.82. The molecule has 0 spiro atoms. The van der Waals surface area contributed by atoms with E-state index in [1.807, 2.05) is 30.3 Å². The minimum absolute atomic E-state index is 0.0436. The van der Waals surface area contributed by atoms with E-state index in [1.54, 1.807) is 24.3 Å². The van der Waals surface area contributed by atoms with Crippen molar-refractivity contribution in [2.24, 2.45) is 4.36 Å². The Morgan fingerprint density at radius 2 is 1.62 bits per heavy atom. The van der Waals surface area contributed by atoms with Gasteiger partial charge in [0.1, 0.15) is 5.60 Å². The van der Waals surface area contributed by atoms with Crippen molar-refractivity contribution in [2.75, 3.05) is 19.1 Å². The molecule has 2 aromatic rings. The fraction of sp³-hybridized carbons (Fsp3) is 0.368. The van der Waals surface area contributed by atoms with Crippen molar-refractivity contribution in [2.45, 2.75) is 29.8 Å². The van der Waals surface area contributed by atoms with Gasteiger partial charge in [-0.15, -0.1) is 0 Å². The van der Waals surface area contributed by atoms with Crippen LogP contribution in [0.1, 0.15) is 17.5 Å². The van der Waals surface area contributed by atoms with E-state index >= 15 is 0 Å². The molecule has 0 aliphatic heterocycles. The highest BCUT2D eigenvalue weighted by Crippen LogP contribution is 2.35. The van der Waals surface area contributed by atoms with Crippen molar-refractivity contribution in [3.05, 3.63) is 65.7 Å². The molecule has 0 amide bonds. The maximum atomic E-state index is 13.6. The molecule has 0 heterocycles. The zero-order valence-electron chi connectivity index (χ0n) is 14.9. The molecule has 0 bridgehead atoms. The van der Waals surface area contributed by atoms with Crippen LogP contribution in [0.4, 0.5) is 0 Å². The Kier molecular flexibility index (Phi) is 5.23. The molecular formula is C19H23NO4S2. The van der Waals surface area contributed by atoms with Crippen LogP contribution in [0, 0.1) is 0 Å². The zero-order valence-corrected chi connectivity index (χ0v) is 16.6. The minimum Gasteiger partial charge on any atom is -0.262 e. The van der Waals surface area contributed by atoms with Crippen LogP contribution in [0.5, 0.6) is 0 Å². The Morgan fingerprint density at radius 3 is 2.23 bits per heavy atom. The lowest BCUT2D eigenvalue weighted by molar-refractivity contribution is 0.0865. The summed E-state index contributed by atoms with van der Waals surface area (Å²) in [7, 11) is -5.00. The second-order valence-electron chi connectivity index (χ2n) is 6.70. The molecule has 2 unspecified atom stereocenters. The van der Waals surface area contributed by atoms with Gasteiger partial charge in [0.25, 0.3) is 10.1 Å². The standard InChI is InChI=1S/C19H23NO4S2/c1-20-26(23,18-10-4-3-5-11-18)15-19(24-25(2,21)22)13-12-16-8-6-7-9-17(16)14-19/h3-11H,12-15H2,1-2H3. The first kappa shape index (κ1) is 19.1. The summed E-state index contributed by atoms with van der Waals surface area (Å²) in [5.41, 5.74) is 1.15. The van der Waals surface area contributed by atoms with Crippen LogP contribution >= 0.6 is 0 Å². The quantitative estimate of drug-likeness (QED) is 0.732. The third-order valence-electron chi connectivity index (χ3n) is 4.67. The largest absolute Gasteiger partial charge is 0.264 e. The molecule has 0 N–H and O–H groups in total. The van der Waals surface area contributed by atoms with Gasteiger partial charge in [-0.2, -0.15) is 8.42 Å². The summed E-state index contributed by atoms with van der Waals surface area (Å²) in [6.07, 6.45) is 2.61. The highest BCUT2D eigenvalue weighted by Gasteiger charge is 2.42. The predicted molar refractivity (Wildman–Crippen MR) is 103 cm³/mol. The zero-order chi connectivity index (χ0) is 18.8. The molecule has 1 aliphatic rings. The molecule has 3 rings (SSSR count). The molecule has 0 saturated carbocycles. The Balaban J connectivity index is 2.05. The first-order chi connectivity index (χ1) is 12.3. The highest BCUT2D eigenvalue weighted by atomic mass is 32.2. The molecule has 0 radical (unpaired) electrons. The monoisotopic (exact) mass is 393 g/mol. The summed E-state index contributed by atoms with van der Waals surface area (Å²) in [4.78, 5) is 0.595. The van der Waals surface area contributed by atoms with Crippen molar-refractivity contribution in [1.82, 2.24) is 0 Å². The average molecular weight is 394 g/mol. The first-order valence-corrected chi connectivity index (χ1v) is 11.9. The molecular weight excluding hydrogens is 370 g/mol. The van der Waals surface area contributed by atoms with Crippen LogP contribution in [0.15, 0.2) is 63.9 Å². The summed E-state index contributed by atoms with van der Waals surface area (Å²) in [5.74, 6) is 0.0436. The van der Waals surface area contributed by atoms with Gasteiger partial charge >= 0.3 is 0 Å². The van der Waals surface area contributed by atoms with Gasteiger partial charge in [0.2, 0.25) is 0 Å².